The SMILES string of the molecule is C=C(C)OOCCC(=O)OOc1ccc(OCOc2ccc(OC(=O)c3ccc(C(=C)COOOOOC(=C)C)cc3)cc2C)cc1.C=CC(=O)OCCCCOc1ccc(C(=O)Oc2ccc3cc(C(=O)Oc4ccc(OCCCCOOC(=C)C)cc4)ccc3c2)cc1. The minimum absolute atomic E-state index is 0.0155. The van der Waals surface area contributed by atoms with Crippen LogP contribution in [0.2, 0.25) is 0 Å². The summed E-state index contributed by atoms with van der Waals surface area (Å²) < 4.78 is 44.3. The number of carbonyl (C=O) groups excluding carboxylic acids is 5. The molecule has 0 aliphatic heterocycles. The van der Waals surface area contributed by atoms with Gasteiger partial charge in [-0.3, -0.25) is 9.78 Å². The molecule has 7 aromatic carbocycles. The van der Waals surface area contributed by atoms with Gasteiger partial charge in [-0.05, 0) is 213 Å². The fourth-order valence-electron chi connectivity index (χ4n) is 7.55. The van der Waals surface area contributed by atoms with Crippen molar-refractivity contribution in [1.82, 2.24) is 0 Å². The lowest BCUT2D eigenvalue weighted by Gasteiger charge is -2.12. The lowest BCUT2D eigenvalue weighted by molar-refractivity contribution is -0.701. The Morgan fingerprint density at radius 3 is 1.51 bits per heavy atom. The van der Waals surface area contributed by atoms with Gasteiger partial charge in [0.15, 0.2) is 5.75 Å². The van der Waals surface area contributed by atoms with E-state index < -0.39 is 29.8 Å². The monoisotopic (exact) mass is 1310 g/mol. The highest BCUT2D eigenvalue weighted by Gasteiger charge is 2.16. The second kappa shape index (κ2) is 40.1. The van der Waals surface area contributed by atoms with Gasteiger partial charge in [0, 0.05) is 16.2 Å². The van der Waals surface area contributed by atoms with Gasteiger partial charge >= 0.3 is 29.8 Å². The van der Waals surface area contributed by atoms with Gasteiger partial charge in [0.05, 0.1) is 49.5 Å². The van der Waals surface area contributed by atoms with Crippen molar-refractivity contribution in [3.05, 3.63) is 236 Å². The second-order valence-corrected chi connectivity index (χ2v) is 20.1. The Morgan fingerprint density at radius 2 is 0.884 bits per heavy atom. The van der Waals surface area contributed by atoms with Gasteiger partial charge in [0.25, 0.3) is 0 Å². The first-order valence-corrected chi connectivity index (χ1v) is 29.3. The van der Waals surface area contributed by atoms with Crippen molar-refractivity contribution < 1.29 is 116 Å². The van der Waals surface area contributed by atoms with Crippen molar-refractivity contribution in [3.63, 3.8) is 0 Å². The zero-order valence-electron chi connectivity index (χ0n) is 52.8. The van der Waals surface area contributed by atoms with E-state index >= 15 is 0 Å². The molecule has 0 spiro atoms. The fourth-order valence-corrected chi connectivity index (χ4v) is 7.55. The maximum atomic E-state index is 12.8. The molecule has 7 rings (SSSR count). The molecule has 0 amide bonds. The Morgan fingerprint density at radius 1 is 0.411 bits per heavy atom. The van der Waals surface area contributed by atoms with Crippen LogP contribution in [0.5, 0.6) is 46.0 Å². The molecule has 0 heterocycles. The molecule has 0 fully saturated rings. The Balaban J connectivity index is 0.000000301. The predicted molar refractivity (Wildman–Crippen MR) is 342 cm³/mol. The summed E-state index contributed by atoms with van der Waals surface area (Å²) in [7, 11) is 0. The summed E-state index contributed by atoms with van der Waals surface area (Å²) in [6.07, 6.45) is 3.98. The van der Waals surface area contributed by atoms with E-state index in [9.17, 15) is 24.0 Å². The van der Waals surface area contributed by atoms with Crippen LogP contribution in [0.25, 0.3) is 16.3 Å². The van der Waals surface area contributed by atoms with E-state index in [2.05, 4.69) is 52.9 Å². The summed E-state index contributed by atoms with van der Waals surface area (Å²) in [6, 6.07) is 41.6. The van der Waals surface area contributed by atoms with E-state index in [0.29, 0.717) is 119 Å². The summed E-state index contributed by atoms with van der Waals surface area (Å²) in [5.41, 5.74) is 3.03. The standard InChI is InChI=1S/C38H38O10.C33H34O14/c1-4-36(39)44-23-6-5-21-42-32-14-11-28(12-15-32)37(40)47-35-16-13-29-25-31(10-9-30(29)26-35)38(41)46-34-19-17-33(18-20-34)43-22-7-8-24-45-48-27(2)3;1-22(2)41-38-18-17-32(34)44-43-29-13-11-28(12-14-29)36-21-37-31-16-15-30(19-24(31)5)40-33(35)27-9-7-26(8-10-27)25(6)20-39-45-47-46-42-23(3)4/h4,9-20,25-26H,1-2,5-8,21-24H2,3H3;7-16,19H,1,3,6,17-18,20-21H2,2,4-5H3. The van der Waals surface area contributed by atoms with E-state index in [0.717, 1.165) is 35.3 Å². The second-order valence-electron chi connectivity index (χ2n) is 20.1. The molecule has 24 heteroatoms. The molecule has 0 N–H and O–H groups in total. The van der Waals surface area contributed by atoms with E-state index in [1.165, 1.54) is 0 Å². The third-order valence-electron chi connectivity index (χ3n) is 12.2. The van der Waals surface area contributed by atoms with E-state index in [1.807, 2.05) is 0 Å². The van der Waals surface area contributed by atoms with Crippen molar-refractivity contribution in [3.8, 4) is 46.0 Å². The molecule has 95 heavy (non-hydrogen) atoms. The summed E-state index contributed by atoms with van der Waals surface area (Å²) >= 11 is 0. The summed E-state index contributed by atoms with van der Waals surface area (Å²) in [4.78, 5) is 99.2. The zero-order valence-corrected chi connectivity index (χ0v) is 52.8. The van der Waals surface area contributed by atoms with E-state index in [4.69, 9.17) is 72.1 Å². The number of esters is 4. The van der Waals surface area contributed by atoms with Gasteiger partial charge < -0.3 is 52.6 Å². The first-order valence-electron chi connectivity index (χ1n) is 29.3. The smallest absolute Gasteiger partial charge is 0.357 e. The number of unbranched alkanes of at least 4 members (excludes halogenated alkanes) is 2. The van der Waals surface area contributed by atoms with Gasteiger partial charge in [-0.1, -0.05) is 57.2 Å². The van der Waals surface area contributed by atoms with Crippen LogP contribution in [-0.2, 0) is 63.7 Å². The third-order valence-corrected chi connectivity index (χ3v) is 12.2. The van der Waals surface area contributed by atoms with Gasteiger partial charge in [0.1, 0.15) is 70.7 Å². The Hall–Kier alpha value is -11.0. The zero-order chi connectivity index (χ0) is 68.2. The highest BCUT2D eigenvalue weighted by molar-refractivity contribution is 5.97. The topological polar surface area (TPSA) is 261 Å². The quantitative estimate of drug-likeness (QED) is 0.00505. The van der Waals surface area contributed by atoms with Crippen LogP contribution >= 0.6 is 0 Å². The van der Waals surface area contributed by atoms with Gasteiger partial charge in [-0.15, -0.1) is 0 Å². The number of rotatable bonds is 40. The van der Waals surface area contributed by atoms with E-state index in [1.54, 1.807) is 179 Å². The van der Waals surface area contributed by atoms with Gasteiger partial charge in [-0.2, -0.15) is 14.7 Å². The fraction of sp³-hybridized carbons (Fsp3) is 0.225. The highest BCUT2D eigenvalue weighted by atomic mass is 17.8. The average molecular weight is 1310 g/mol. The van der Waals surface area contributed by atoms with Crippen LogP contribution in [0.1, 0.15) is 95.1 Å². The maximum Gasteiger partial charge on any atom is 0.357 e. The van der Waals surface area contributed by atoms with Crippen molar-refractivity contribution in [2.24, 2.45) is 0 Å². The Kier molecular flexibility index (Phi) is 30.8. The first-order chi connectivity index (χ1) is 45.9. The summed E-state index contributed by atoms with van der Waals surface area (Å²) in [6.45, 7) is 26.0. The minimum atomic E-state index is -0.638. The molecule has 0 radical (unpaired) electrons. The normalized spacial score (nSPS) is 10.4. The minimum Gasteiger partial charge on any atom is -0.494 e. The molecular formula is C71H72O24. The molecular weight excluding hydrogens is 1240 g/mol. The van der Waals surface area contributed by atoms with Crippen LogP contribution in [0.4, 0.5) is 0 Å². The van der Waals surface area contributed by atoms with Gasteiger partial charge in [0.2, 0.25) is 6.79 Å². The lowest BCUT2D eigenvalue weighted by Crippen LogP contribution is -2.11. The molecule has 0 saturated heterocycles. The van der Waals surface area contributed by atoms with Crippen LogP contribution in [-0.4, -0.2) is 76.3 Å². The van der Waals surface area contributed by atoms with Crippen LogP contribution < -0.4 is 38.0 Å². The molecule has 0 bridgehead atoms. The molecule has 0 atom stereocenters. The Labute approximate surface area is 548 Å². The lowest BCUT2D eigenvalue weighted by atomic mass is 10.1. The van der Waals surface area contributed by atoms with Crippen molar-refractivity contribution in [2.45, 2.75) is 59.8 Å². The number of hydrogen-bond acceptors (Lipinski definition) is 24. The molecule has 500 valence electrons. The van der Waals surface area contributed by atoms with Crippen molar-refractivity contribution in [2.75, 3.05) is 46.4 Å². The number of aryl methyl sites for hydroxylation is 1. The average Bonchev–Trinajstić information content (AvgIpc) is 0.842. The number of fused-ring (bicyclic) bond motifs is 1. The van der Waals surface area contributed by atoms with Crippen LogP contribution in [0, 0.1) is 6.92 Å². The molecule has 0 saturated carbocycles. The number of hydrogen-bond donors (Lipinski definition) is 0. The van der Waals surface area contributed by atoms with Crippen LogP contribution in [0.3, 0.4) is 0 Å². The van der Waals surface area contributed by atoms with Crippen molar-refractivity contribution >= 4 is 46.2 Å². The predicted octanol–water partition coefficient (Wildman–Crippen LogP) is 14.4. The molecule has 0 aliphatic rings. The summed E-state index contributed by atoms with van der Waals surface area (Å²) in [5, 5.41) is 14.3. The van der Waals surface area contributed by atoms with Crippen LogP contribution in [0.15, 0.2) is 208 Å². The first kappa shape index (κ1) is 73.1. The number of ether oxygens (including phenoxy) is 8. The van der Waals surface area contributed by atoms with E-state index in [-0.39, 0.29) is 37.9 Å². The third kappa shape index (κ3) is 27.8. The molecule has 0 aliphatic carbocycles. The van der Waals surface area contributed by atoms with Crippen molar-refractivity contribution in [1.29, 1.82) is 0 Å². The largest absolute Gasteiger partial charge is 0.494 e. The number of benzene rings is 7. The molecule has 0 unspecified atom stereocenters. The summed E-state index contributed by atoms with van der Waals surface area (Å²) in [5.74, 6) is 2.15. The number of carbonyl (C=O) groups is 5. The molecule has 24 nitrogen and oxygen atoms in total. The molecule has 7 aromatic rings. The Bertz CT molecular complexity index is 3670. The molecule has 0 aromatic heterocycles. The van der Waals surface area contributed by atoms with Gasteiger partial charge in [-0.25, -0.2) is 24.0 Å². The maximum absolute atomic E-state index is 12.8. The number of allylic oxidation sites excluding steroid dienone is 3. The highest BCUT2D eigenvalue weighted by Crippen LogP contribution is 2.28.